The number of unbranched alkanes of at least 4 members (excludes halogenated alkanes) is 2. The van der Waals surface area contributed by atoms with Gasteiger partial charge in [-0.25, -0.2) is 9.18 Å². The first-order chi connectivity index (χ1) is 11.6. The molecule has 1 unspecified atom stereocenters. The number of nitrogens with one attached hydrogen (secondary N) is 1. The molecule has 0 radical (unpaired) electrons. The van der Waals surface area contributed by atoms with Gasteiger partial charge in [-0.1, -0.05) is 38.8 Å². The van der Waals surface area contributed by atoms with E-state index in [9.17, 15) is 9.18 Å². The third-order valence-corrected chi connectivity index (χ3v) is 4.83. The van der Waals surface area contributed by atoms with E-state index in [0.717, 1.165) is 42.5 Å². The van der Waals surface area contributed by atoms with E-state index in [1.165, 1.54) is 23.5 Å². The summed E-state index contributed by atoms with van der Waals surface area (Å²) in [4.78, 5) is 13.1. The molecule has 1 aromatic carbocycles. The molecule has 0 saturated heterocycles. The lowest BCUT2D eigenvalue weighted by atomic mass is 10.1. The Morgan fingerprint density at radius 3 is 2.56 bits per heavy atom. The van der Waals surface area contributed by atoms with Gasteiger partial charge in [0.25, 0.3) is 0 Å². The van der Waals surface area contributed by atoms with Gasteiger partial charge in [0, 0.05) is 0 Å². The number of halogens is 2. The van der Waals surface area contributed by atoms with Crippen LogP contribution in [0.15, 0.2) is 35.7 Å². The largest absolute Gasteiger partial charge is 0.446 e. The van der Waals surface area contributed by atoms with Crippen LogP contribution in [0, 0.1) is 5.82 Å². The molecule has 1 amide bonds. The Morgan fingerprint density at radius 1 is 1.20 bits per heavy atom. The zero-order chi connectivity index (χ0) is 17.4. The number of benzene rings is 1. The number of hydrogen-bond acceptors (Lipinski definition) is 3. The minimum absolute atomic E-state index is 0. The maximum absolute atomic E-state index is 13.1. The summed E-state index contributed by atoms with van der Waals surface area (Å²) >= 11 is 1.50. The third kappa shape index (κ3) is 6.67. The van der Waals surface area contributed by atoms with Crippen LogP contribution in [-0.4, -0.2) is 12.2 Å². The summed E-state index contributed by atoms with van der Waals surface area (Å²) in [6, 6.07) is 8.08. The lowest BCUT2D eigenvalue weighted by Gasteiger charge is -2.16. The molecule has 0 aliphatic carbocycles. The normalized spacial score (nSPS) is 11.5. The molecular formula is C19H25ClFNO2S. The zero-order valence-corrected chi connectivity index (χ0v) is 16.2. The highest BCUT2D eigenvalue weighted by molar-refractivity contribution is 7.14. The van der Waals surface area contributed by atoms with Gasteiger partial charge < -0.3 is 4.74 Å². The van der Waals surface area contributed by atoms with Crippen LogP contribution in [0.2, 0.25) is 0 Å². The second kappa shape index (κ2) is 11.1. The Labute approximate surface area is 159 Å². The SMILES string of the molecule is CCCCCC(CC)OC(=O)Nc1ccsc1-c1ccc(F)cc1.Cl. The minimum Gasteiger partial charge on any atom is -0.446 e. The molecule has 0 bridgehead atoms. The van der Waals surface area contributed by atoms with Crippen LogP contribution in [0.4, 0.5) is 14.9 Å². The van der Waals surface area contributed by atoms with E-state index in [-0.39, 0.29) is 24.3 Å². The summed E-state index contributed by atoms with van der Waals surface area (Å²) in [5.41, 5.74) is 1.57. The first-order valence-corrected chi connectivity index (χ1v) is 9.33. The first kappa shape index (κ1) is 21.5. The number of thiophene rings is 1. The van der Waals surface area contributed by atoms with E-state index in [0.29, 0.717) is 5.69 Å². The third-order valence-electron chi connectivity index (χ3n) is 3.87. The minimum atomic E-state index is -0.430. The van der Waals surface area contributed by atoms with Crippen molar-refractivity contribution in [1.29, 1.82) is 0 Å². The van der Waals surface area contributed by atoms with E-state index in [2.05, 4.69) is 12.2 Å². The van der Waals surface area contributed by atoms with Crippen molar-refractivity contribution in [2.75, 3.05) is 5.32 Å². The highest BCUT2D eigenvalue weighted by atomic mass is 35.5. The van der Waals surface area contributed by atoms with Gasteiger partial charge in [0.2, 0.25) is 0 Å². The van der Waals surface area contributed by atoms with Crippen molar-refractivity contribution in [3.63, 3.8) is 0 Å². The molecule has 138 valence electrons. The van der Waals surface area contributed by atoms with Crippen LogP contribution in [0.5, 0.6) is 0 Å². The van der Waals surface area contributed by atoms with Gasteiger partial charge in [0.05, 0.1) is 10.6 Å². The van der Waals surface area contributed by atoms with Gasteiger partial charge in [-0.3, -0.25) is 5.32 Å². The van der Waals surface area contributed by atoms with E-state index < -0.39 is 6.09 Å². The Hall–Kier alpha value is -1.59. The molecule has 0 spiro atoms. The van der Waals surface area contributed by atoms with Gasteiger partial charge in [-0.15, -0.1) is 23.7 Å². The zero-order valence-electron chi connectivity index (χ0n) is 14.6. The molecule has 2 rings (SSSR count). The van der Waals surface area contributed by atoms with Crippen LogP contribution >= 0.6 is 23.7 Å². The number of hydrogen-bond donors (Lipinski definition) is 1. The van der Waals surface area contributed by atoms with E-state index in [1.54, 1.807) is 12.1 Å². The van der Waals surface area contributed by atoms with Crippen molar-refractivity contribution >= 4 is 35.5 Å². The van der Waals surface area contributed by atoms with E-state index >= 15 is 0 Å². The maximum atomic E-state index is 13.1. The predicted octanol–water partition coefficient (Wildman–Crippen LogP) is 6.88. The molecule has 6 heteroatoms. The van der Waals surface area contributed by atoms with Gasteiger partial charge in [-0.2, -0.15) is 0 Å². The summed E-state index contributed by atoms with van der Waals surface area (Å²) in [5.74, 6) is -0.276. The molecule has 0 aliphatic rings. The number of amides is 1. The average molecular weight is 386 g/mol. The van der Waals surface area contributed by atoms with Crippen LogP contribution in [0.1, 0.15) is 46.0 Å². The second-order valence-corrected chi connectivity index (χ2v) is 6.64. The monoisotopic (exact) mass is 385 g/mol. The standard InChI is InChI=1S/C19H24FNO2S.ClH/c1-3-5-6-7-16(4-2)23-19(22)21-17-12-13-24-18(17)14-8-10-15(20)11-9-14;/h8-13,16H,3-7H2,1-2H3,(H,21,22);1H. The van der Waals surface area contributed by atoms with Crippen LogP contribution in [-0.2, 0) is 4.74 Å². The lowest BCUT2D eigenvalue weighted by molar-refractivity contribution is 0.101. The number of rotatable bonds is 8. The van der Waals surface area contributed by atoms with Crippen molar-refractivity contribution in [1.82, 2.24) is 0 Å². The molecule has 1 atom stereocenters. The Balaban J connectivity index is 0.00000312. The number of ether oxygens (including phenoxy) is 1. The number of carbonyl (C=O) groups is 1. The molecule has 1 N–H and O–H groups in total. The van der Waals surface area contributed by atoms with Crippen LogP contribution < -0.4 is 5.32 Å². The fraction of sp³-hybridized carbons (Fsp3) is 0.421. The summed E-state index contributed by atoms with van der Waals surface area (Å²) in [6.07, 6.45) is 4.60. The summed E-state index contributed by atoms with van der Waals surface area (Å²) in [7, 11) is 0. The van der Waals surface area contributed by atoms with E-state index in [4.69, 9.17) is 4.74 Å². The van der Waals surface area contributed by atoms with Gasteiger partial charge in [0.1, 0.15) is 11.9 Å². The molecule has 3 nitrogen and oxygen atoms in total. The fourth-order valence-electron chi connectivity index (χ4n) is 2.49. The smallest absolute Gasteiger partial charge is 0.411 e. The quantitative estimate of drug-likeness (QED) is 0.502. The van der Waals surface area contributed by atoms with Crippen LogP contribution in [0.3, 0.4) is 0 Å². The Kier molecular flexibility index (Phi) is 9.53. The number of carbonyl (C=O) groups excluding carboxylic acids is 1. The fourth-order valence-corrected chi connectivity index (χ4v) is 3.35. The molecule has 0 fully saturated rings. The average Bonchev–Trinajstić information content (AvgIpc) is 3.02. The molecule has 1 heterocycles. The van der Waals surface area contributed by atoms with Crippen molar-refractivity contribution in [3.05, 3.63) is 41.5 Å². The van der Waals surface area contributed by atoms with Crippen molar-refractivity contribution in [3.8, 4) is 10.4 Å². The topological polar surface area (TPSA) is 38.3 Å². The van der Waals surface area contributed by atoms with Crippen molar-refractivity contribution in [2.45, 2.75) is 52.1 Å². The Bertz CT molecular complexity index is 645. The summed E-state index contributed by atoms with van der Waals surface area (Å²) < 4.78 is 18.6. The molecule has 0 saturated carbocycles. The first-order valence-electron chi connectivity index (χ1n) is 8.45. The Morgan fingerprint density at radius 2 is 1.92 bits per heavy atom. The summed E-state index contributed by atoms with van der Waals surface area (Å²) in [6.45, 7) is 4.18. The predicted molar refractivity (Wildman–Crippen MR) is 105 cm³/mol. The molecule has 25 heavy (non-hydrogen) atoms. The molecule has 0 aliphatic heterocycles. The van der Waals surface area contributed by atoms with Crippen LogP contribution in [0.25, 0.3) is 10.4 Å². The van der Waals surface area contributed by atoms with Gasteiger partial charge >= 0.3 is 6.09 Å². The highest BCUT2D eigenvalue weighted by Crippen LogP contribution is 2.33. The molecular weight excluding hydrogens is 361 g/mol. The molecule has 2 aromatic rings. The van der Waals surface area contributed by atoms with E-state index in [1.807, 2.05) is 18.4 Å². The van der Waals surface area contributed by atoms with Gasteiger partial charge in [-0.05, 0) is 48.4 Å². The maximum Gasteiger partial charge on any atom is 0.411 e. The lowest BCUT2D eigenvalue weighted by Crippen LogP contribution is -2.22. The molecule has 1 aromatic heterocycles. The number of anilines is 1. The summed E-state index contributed by atoms with van der Waals surface area (Å²) in [5, 5.41) is 4.71. The second-order valence-electron chi connectivity index (χ2n) is 5.73. The van der Waals surface area contributed by atoms with Crippen molar-refractivity contribution in [2.24, 2.45) is 0 Å². The van der Waals surface area contributed by atoms with Gasteiger partial charge in [0.15, 0.2) is 0 Å². The van der Waals surface area contributed by atoms with Crippen molar-refractivity contribution < 1.29 is 13.9 Å². The highest BCUT2D eigenvalue weighted by Gasteiger charge is 2.15.